The van der Waals surface area contributed by atoms with E-state index in [4.69, 9.17) is 21.6 Å². The largest absolute Gasteiger partial charge is 0.438 e. The fourth-order valence-electron chi connectivity index (χ4n) is 2.27. The third kappa shape index (κ3) is 4.18. The molecule has 0 aliphatic rings. The van der Waals surface area contributed by atoms with Crippen molar-refractivity contribution in [3.8, 4) is 17.7 Å². The molecule has 1 heterocycles. The van der Waals surface area contributed by atoms with Crippen molar-refractivity contribution < 1.29 is 9.53 Å². The van der Waals surface area contributed by atoms with Crippen molar-refractivity contribution in [2.45, 2.75) is 6.92 Å². The molecular weight excluding hydrogens is 350 g/mol. The molecule has 0 radical (unpaired) electrons. The molecule has 6 heteroatoms. The number of hydrogen-bond acceptors (Lipinski definition) is 4. The van der Waals surface area contributed by atoms with Crippen LogP contribution in [0.2, 0.25) is 5.02 Å². The highest BCUT2D eigenvalue weighted by Crippen LogP contribution is 2.28. The average molecular weight is 364 g/mol. The topological polar surface area (TPSA) is 75.0 Å². The molecule has 0 bridgehead atoms. The number of ether oxygens (including phenoxy) is 1. The van der Waals surface area contributed by atoms with Crippen LogP contribution in [0.1, 0.15) is 21.5 Å². The summed E-state index contributed by atoms with van der Waals surface area (Å²) >= 11 is 6.04. The summed E-state index contributed by atoms with van der Waals surface area (Å²) in [4.78, 5) is 16.3. The molecule has 26 heavy (non-hydrogen) atoms. The molecule has 0 unspecified atom stereocenters. The van der Waals surface area contributed by atoms with E-state index in [0.717, 1.165) is 5.56 Å². The minimum atomic E-state index is -0.181. The van der Waals surface area contributed by atoms with Gasteiger partial charge in [-0.1, -0.05) is 29.3 Å². The van der Waals surface area contributed by atoms with E-state index < -0.39 is 0 Å². The van der Waals surface area contributed by atoms with Gasteiger partial charge in [0, 0.05) is 17.4 Å². The predicted octanol–water partition coefficient (Wildman–Crippen LogP) is 4.96. The third-order valence-corrected chi connectivity index (χ3v) is 3.81. The molecule has 3 rings (SSSR count). The van der Waals surface area contributed by atoms with E-state index in [1.165, 1.54) is 12.3 Å². The van der Waals surface area contributed by atoms with Gasteiger partial charge in [-0.2, -0.15) is 5.26 Å². The molecule has 0 fully saturated rings. The van der Waals surface area contributed by atoms with E-state index in [2.05, 4.69) is 10.3 Å². The van der Waals surface area contributed by atoms with Crippen molar-refractivity contribution in [3.63, 3.8) is 0 Å². The molecule has 1 aromatic heterocycles. The highest BCUT2D eigenvalue weighted by atomic mass is 35.5. The molecule has 5 nitrogen and oxygen atoms in total. The third-order valence-electron chi connectivity index (χ3n) is 3.54. The molecule has 128 valence electrons. The van der Waals surface area contributed by atoms with Gasteiger partial charge in [0.2, 0.25) is 5.88 Å². The first-order valence-corrected chi connectivity index (χ1v) is 8.14. The number of carbonyl (C=O) groups excluding carboxylic acids is 1. The predicted molar refractivity (Wildman–Crippen MR) is 99.6 cm³/mol. The number of amides is 1. The number of nitrogens with one attached hydrogen (secondary N) is 1. The maximum absolute atomic E-state index is 12.3. The number of pyridine rings is 1. The summed E-state index contributed by atoms with van der Waals surface area (Å²) in [6.07, 6.45) is 1.39. The zero-order chi connectivity index (χ0) is 18.5. The van der Waals surface area contributed by atoms with Crippen LogP contribution >= 0.6 is 11.6 Å². The van der Waals surface area contributed by atoms with Crippen LogP contribution in [0.5, 0.6) is 11.6 Å². The summed E-state index contributed by atoms with van der Waals surface area (Å²) < 4.78 is 5.60. The van der Waals surface area contributed by atoms with Gasteiger partial charge in [0.1, 0.15) is 16.8 Å². The number of nitrogens with zero attached hydrogens (tertiary/aromatic N) is 2. The van der Waals surface area contributed by atoms with Gasteiger partial charge in [-0.3, -0.25) is 4.79 Å². The fourth-order valence-corrected chi connectivity index (χ4v) is 2.47. The van der Waals surface area contributed by atoms with E-state index >= 15 is 0 Å². The Morgan fingerprint density at radius 2 is 1.96 bits per heavy atom. The number of hydrogen-bond donors (Lipinski definition) is 1. The number of benzene rings is 2. The Morgan fingerprint density at radius 1 is 1.19 bits per heavy atom. The molecule has 0 saturated carbocycles. The molecule has 3 aromatic rings. The van der Waals surface area contributed by atoms with Crippen molar-refractivity contribution in [3.05, 3.63) is 82.5 Å². The zero-order valence-electron chi connectivity index (χ0n) is 13.9. The number of halogens is 1. The molecule has 0 spiro atoms. The summed E-state index contributed by atoms with van der Waals surface area (Å²) in [6, 6.07) is 17.6. The van der Waals surface area contributed by atoms with Crippen molar-refractivity contribution >= 4 is 23.2 Å². The van der Waals surface area contributed by atoms with Gasteiger partial charge >= 0.3 is 0 Å². The van der Waals surface area contributed by atoms with Crippen LogP contribution in [0.4, 0.5) is 5.69 Å². The van der Waals surface area contributed by atoms with Crippen LogP contribution in [0.3, 0.4) is 0 Å². The van der Waals surface area contributed by atoms with Gasteiger partial charge in [-0.05, 0) is 49.4 Å². The molecular formula is C20H14ClN3O2. The van der Waals surface area contributed by atoms with Crippen molar-refractivity contribution in [1.29, 1.82) is 5.26 Å². The summed E-state index contributed by atoms with van der Waals surface area (Å²) in [6.45, 7) is 1.94. The molecule has 0 aliphatic carbocycles. The summed E-state index contributed by atoms with van der Waals surface area (Å²) in [5.74, 6) is 0.541. The van der Waals surface area contributed by atoms with Gasteiger partial charge in [0.15, 0.2) is 0 Å². The standard InChI is InChI=1S/C20H14ClN3O2/c1-13-3-2-4-15(9-13)19(25)24-16-5-7-17(8-6-16)26-20-18(21)10-14(11-22)12-23-20/h2-10,12H,1H3,(H,24,25). The van der Waals surface area contributed by atoms with E-state index in [-0.39, 0.29) is 16.8 Å². The number of aromatic nitrogens is 1. The average Bonchev–Trinajstić information content (AvgIpc) is 2.65. The molecule has 1 N–H and O–H groups in total. The quantitative estimate of drug-likeness (QED) is 0.710. The first kappa shape index (κ1) is 17.5. The van der Waals surface area contributed by atoms with Crippen LogP contribution in [0, 0.1) is 18.3 Å². The van der Waals surface area contributed by atoms with Gasteiger partial charge in [-0.15, -0.1) is 0 Å². The lowest BCUT2D eigenvalue weighted by molar-refractivity contribution is 0.102. The van der Waals surface area contributed by atoms with E-state index in [0.29, 0.717) is 22.6 Å². The first-order chi connectivity index (χ1) is 12.5. The number of carbonyl (C=O) groups is 1. The lowest BCUT2D eigenvalue weighted by Gasteiger charge is -2.09. The first-order valence-electron chi connectivity index (χ1n) is 7.77. The lowest BCUT2D eigenvalue weighted by Crippen LogP contribution is -2.11. The summed E-state index contributed by atoms with van der Waals surface area (Å²) in [5.41, 5.74) is 2.62. The number of rotatable bonds is 4. The minimum Gasteiger partial charge on any atom is -0.438 e. The Morgan fingerprint density at radius 3 is 2.62 bits per heavy atom. The van der Waals surface area contributed by atoms with Gasteiger partial charge in [0.25, 0.3) is 5.91 Å². The van der Waals surface area contributed by atoms with Crippen LogP contribution in [0.25, 0.3) is 0 Å². The number of aryl methyl sites for hydroxylation is 1. The Balaban J connectivity index is 1.69. The molecule has 0 aliphatic heterocycles. The zero-order valence-corrected chi connectivity index (χ0v) is 14.6. The number of anilines is 1. The molecule has 2 aromatic carbocycles. The Labute approximate surface area is 155 Å². The van der Waals surface area contributed by atoms with Gasteiger partial charge < -0.3 is 10.1 Å². The van der Waals surface area contributed by atoms with Gasteiger partial charge in [-0.25, -0.2) is 4.98 Å². The monoisotopic (exact) mass is 363 g/mol. The Bertz CT molecular complexity index is 995. The van der Waals surface area contributed by atoms with E-state index in [1.807, 2.05) is 31.2 Å². The summed E-state index contributed by atoms with van der Waals surface area (Å²) in [5, 5.41) is 11.9. The molecule has 0 saturated heterocycles. The van der Waals surface area contributed by atoms with Crippen molar-refractivity contribution in [2.24, 2.45) is 0 Å². The van der Waals surface area contributed by atoms with Gasteiger partial charge in [0.05, 0.1) is 5.56 Å². The highest BCUT2D eigenvalue weighted by molar-refractivity contribution is 6.31. The second-order valence-electron chi connectivity index (χ2n) is 5.57. The second kappa shape index (κ2) is 7.68. The Kier molecular flexibility index (Phi) is 5.16. The van der Waals surface area contributed by atoms with E-state index in [1.54, 1.807) is 30.3 Å². The van der Waals surface area contributed by atoms with E-state index in [9.17, 15) is 4.79 Å². The number of nitriles is 1. The van der Waals surface area contributed by atoms with Crippen LogP contribution in [0.15, 0.2) is 60.8 Å². The van der Waals surface area contributed by atoms with Crippen LogP contribution in [-0.2, 0) is 0 Å². The van der Waals surface area contributed by atoms with Crippen LogP contribution in [-0.4, -0.2) is 10.9 Å². The summed E-state index contributed by atoms with van der Waals surface area (Å²) in [7, 11) is 0. The SMILES string of the molecule is Cc1cccc(C(=O)Nc2ccc(Oc3ncc(C#N)cc3Cl)cc2)c1. The fraction of sp³-hybridized carbons (Fsp3) is 0.0500. The molecule has 0 atom stereocenters. The van der Waals surface area contributed by atoms with Crippen molar-refractivity contribution in [1.82, 2.24) is 4.98 Å². The normalized spacial score (nSPS) is 10.0. The second-order valence-corrected chi connectivity index (χ2v) is 5.98. The minimum absolute atomic E-state index is 0.181. The molecule has 1 amide bonds. The van der Waals surface area contributed by atoms with Crippen LogP contribution < -0.4 is 10.1 Å². The maximum Gasteiger partial charge on any atom is 0.255 e. The highest BCUT2D eigenvalue weighted by Gasteiger charge is 2.08. The smallest absolute Gasteiger partial charge is 0.255 e. The Hall–Kier alpha value is -3.36. The van der Waals surface area contributed by atoms with Crippen molar-refractivity contribution in [2.75, 3.05) is 5.32 Å². The lowest BCUT2D eigenvalue weighted by atomic mass is 10.1. The maximum atomic E-state index is 12.3.